The van der Waals surface area contributed by atoms with Crippen molar-refractivity contribution in [1.82, 2.24) is 0 Å². The number of allylic oxidation sites excluding steroid dienone is 3. The lowest BCUT2D eigenvalue weighted by atomic mass is 9.83. The second kappa shape index (κ2) is 2.82. The summed E-state index contributed by atoms with van der Waals surface area (Å²) in [7, 11) is 0. The molecule has 0 aliphatic heterocycles. The molecule has 0 amide bonds. The van der Waals surface area contributed by atoms with Gasteiger partial charge in [0.05, 0.1) is 5.60 Å². The highest BCUT2D eigenvalue weighted by Gasteiger charge is 2.24. The highest BCUT2D eigenvalue weighted by Crippen LogP contribution is 2.28. The van der Waals surface area contributed by atoms with Gasteiger partial charge in [0.25, 0.3) is 0 Å². The van der Waals surface area contributed by atoms with Crippen molar-refractivity contribution in [1.29, 1.82) is 0 Å². The zero-order valence-electron chi connectivity index (χ0n) is 7.46. The van der Waals surface area contributed by atoms with Crippen LogP contribution in [0.25, 0.3) is 0 Å². The van der Waals surface area contributed by atoms with Crippen molar-refractivity contribution in [3.05, 3.63) is 23.8 Å². The third kappa shape index (κ3) is 1.93. The van der Waals surface area contributed by atoms with Gasteiger partial charge in [0, 0.05) is 0 Å². The fourth-order valence-corrected chi connectivity index (χ4v) is 1.55. The monoisotopic (exact) mass is 152 g/mol. The van der Waals surface area contributed by atoms with Crippen LogP contribution in [-0.2, 0) is 0 Å². The van der Waals surface area contributed by atoms with Crippen LogP contribution in [0.1, 0.15) is 27.2 Å². The zero-order chi connectivity index (χ0) is 8.48. The summed E-state index contributed by atoms with van der Waals surface area (Å²) in [4.78, 5) is 0. The van der Waals surface area contributed by atoms with Crippen LogP contribution in [0, 0.1) is 5.92 Å². The molecular formula is C10H16O. The maximum Gasteiger partial charge on any atom is 0.0806 e. The van der Waals surface area contributed by atoms with E-state index in [2.05, 4.69) is 13.0 Å². The van der Waals surface area contributed by atoms with Crippen molar-refractivity contribution in [3.63, 3.8) is 0 Å². The van der Waals surface area contributed by atoms with E-state index in [9.17, 15) is 5.11 Å². The second-order valence-corrected chi connectivity index (χ2v) is 3.75. The Bertz CT molecular complexity index is 193. The fraction of sp³-hybridized carbons (Fsp3) is 0.600. The molecule has 1 aliphatic rings. The molecule has 0 aromatic rings. The molecule has 1 heteroatoms. The first kappa shape index (κ1) is 8.54. The minimum absolute atomic E-state index is 0.486. The van der Waals surface area contributed by atoms with E-state index in [1.54, 1.807) is 0 Å². The summed E-state index contributed by atoms with van der Waals surface area (Å²) in [5.41, 5.74) is 0.490. The number of aliphatic hydroxyl groups is 1. The molecule has 1 nitrogen and oxygen atoms in total. The first-order valence-electron chi connectivity index (χ1n) is 4.11. The number of rotatable bonds is 1. The Kier molecular flexibility index (Phi) is 2.19. The minimum Gasteiger partial charge on any atom is -0.386 e. The predicted molar refractivity (Wildman–Crippen MR) is 47.3 cm³/mol. The Morgan fingerprint density at radius 1 is 1.55 bits per heavy atom. The maximum absolute atomic E-state index is 9.71. The summed E-state index contributed by atoms with van der Waals surface area (Å²) in [5.74, 6) is 0.486. The summed E-state index contributed by atoms with van der Waals surface area (Å²) in [6.07, 6.45) is 7.23. The van der Waals surface area contributed by atoms with E-state index in [-0.39, 0.29) is 0 Å². The molecule has 1 atom stereocenters. The van der Waals surface area contributed by atoms with Crippen LogP contribution in [0.3, 0.4) is 0 Å². The third-order valence-electron chi connectivity index (χ3n) is 2.14. The van der Waals surface area contributed by atoms with Gasteiger partial charge in [-0.25, -0.2) is 0 Å². The lowest BCUT2D eigenvalue weighted by Crippen LogP contribution is -2.26. The Morgan fingerprint density at radius 2 is 2.18 bits per heavy atom. The van der Waals surface area contributed by atoms with E-state index >= 15 is 0 Å². The summed E-state index contributed by atoms with van der Waals surface area (Å²) in [5, 5.41) is 9.71. The summed E-state index contributed by atoms with van der Waals surface area (Å²) >= 11 is 0. The molecule has 1 rings (SSSR count). The standard InChI is InChI=1S/C10H16O/c1-8-6-4-5-7-9(8)10(2,3)11/h4-5,7-8,11H,6H2,1-3H3. The lowest BCUT2D eigenvalue weighted by molar-refractivity contribution is 0.108. The van der Waals surface area contributed by atoms with Crippen molar-refractivity contribution in [2.75, 3.05) is 0 Å². The Balaban J connectivity index is 2.84. The van der Waals surface area contributed by atoms with Crippen molar-refractivity contribution in [3.8, 4) is 0 Å². The van der Waals surface area contributed by atoms with Gasteiger partial charge < -0.3 is 5.11 Å². The fourth-order valence-electron chi connectivity index (χ4n) is 1.55. The van der Waals surface area contributed by atoms with Gasteiger partial charge in [-0.1, -0.05) is 25.2 Å². The van der Waals surface area contributed by atoms with Crippen molar-refractivity contribution in [2.24, 2.45) is 5.92 Å². The highest BCUT2D eigenvalue weighted by atomic mass is 16.3. The Morgan fingerprint density at radius 3 is 2.55 bits per heavy atom. The van der Waals surface area contributed by atoms with E-state index in [0.717, 1.165) is 12.0 Å². The molecule has 1 N–H and O–H groups in total. The average Bonchev–Trinajstić information content (AvgIpc) is 1.86. The molecule has 1 aliphatic carbocycles. The molecule has 62 valence electrons. The number of hydrogen-bond donors (Lipinski definition) is 1. The van der Waals surface area contributed by atoms with Gasteiger partial charge in [-0.2, -0.15) is 0 Å². The maximum atomic E-state index is 9.71. The van der Waals surface area contributed by atoms with Crippen LogP contribution in [0.15, 0.2) is 23.8 Å². The van der Waals surface area contributed by atoms with Gasteiger partial charge in [0.2, 0.25) is 0 Å². The Labute approximate surface area is 68.4 Å². The van der Waals surface area contributed by atoms with E-state index in [1.807, 2.05) is 26.0 Å². The SMILES string of the molecule is CC1CC=CC=C1C(C)(C)O. The van der Waals surface area contributed by atoms with Gasteiger partial charge in [-0.15, -0.1) is 0 Å². The average molecular weight is 152 g/mol. The molecule has 0 spiro atoms. The van der Waals surface area contributed by atoms with Gasteiger partial charge in [-0.3, -0.25) is 0 Å². The van der Waals surface area contributed by atoms with Gasteiger partial charge in [0.15, 0.2) is 0 Å². The quantitative estimate of drug-likeness (QED) is 0.611. The van der Waals surface area contributed by atoms with Crippen LogP contribution >= 0.6 is 0 Å². The largest absolute Gasteiger partial charge is 0.386 e. The minimum atomic E-state index is -0.649. The van der Waals surface area contributed by atoms with Crippen LogP contribution in [0.4, 0.5) is 0 Å². The van der Waals surface area contributed by atoms with Crippen molar-refractivity contribution in [2.45, 2.75) is 32.8 Å². The predicted octanol–water partition coefficient (Wildman–Crippen LogP) is 2.28. The van der Waals surface area contributed by atoms with Crippen LogP contribution in [0.2, 0.25) is 0 Å². The molecule has 0 bridgehead atoms. The summed E-state index contributed by atoms with van der Waals surface area (Å²) in [6.45, 7) is 5.83. The van der Waals surface area contributed by atoms with Crippen LogP contribution in [-0.4, -0.2) is 10.7 Å². The van der Waals surface area contributed by atoms with Gasteiger partial charge in [0.1, 0.15) is 0 Å². The third-order valence-corrected chi connectivity index (χ3v) is 2.14. The molecule has 0 fully saturated rings. The van der Waals surface area contributed by atoms with Crippen LogP contribution < -0.4 is 0 Å². The van der Waals surface area contributed by atoms with Gasteiger partial charge in [-0.05, 0) is 31.8 Å². The van der Waals surface area contributed by atoms with E-state index < -0.39 is 5.60 Å². The van der Waals surface area contributed by atoms with Crippen molar-refractivity contribution >= 4 is 0 Å². The molecule has 0 aromatic heterocycles. The summed E-state index contributed by atoms with van der Waals surface area (Å²) < 4.78 is 0. The van der Waals surface area contributed by atoms with Crippen molar-refractivity contribution < 1.29 is 5.11 Å². The normalized spacial score (nSPS) is 25.1. The topological polar surface area (TPSA) is 20.2 Å². The van der Waals surface area contributed by atoms with E-state index in [1.165, 1.54) is 0 Å². The first-order chi connectivity index (χ1) is 5.02. The molecule has 11 heavy (non-hydrogen) atoms. The molecule has 0 radical (unpaired) electrons. The second-order valence-electron chi connectivity index (χ2n) is 3.75. The smallest absolute Gasteiger partial charge is 0.0806 e. The molecule has 1 unspecified atom stereocenters. The number of hydrogen-bond acceptors (Lipinski definition) is 1. The van der Waals surface area contributed by atoms with Crippen LogP contribution in [0.5, 0.6) is 0 Å². The molecule has 0 saturated carbocycles. The Hall–Kier alpha value is -0.560. The first-order valence-corrected chi connectivity index (χ1v) is 4.11. The zero-order valence-corrected chi connectivity index (χ0v) is 7.46. The highest BCUT2D eigenvalue weighted by molar-refractivity contribution is 5.26. The van der Waals surface area contributed by atoms with E-state index in [4.69, 9.17) is 0 Å². The molecular weight excluding hydrogens is 136 g/mol. The molecule has 0 aromatic carbocycles. The summed E-state index contributed by atoms with van der Waals surface area (Å²) in [6, 6.07) is 0. The molecule has 0 saturated heterocycles. The van der Waals surface area contributed by atoms with E-state index in [0.29, 0.717) is 5.92 Å². The lowest BCUT2D eigenvalue weighted by Gasteiger charge is -2.27. The molecule has 0 heterocycles. The van der Waals surface area contributed by atoms with Gasteiger partial charge >= 0.3 is 0 Å².